The SMILES string of the molecule is CCc1ccc2oc(CCN)cc(=O)c2c1.Cl. The third-order valence-corrected chi connectivity index (χ3v) is 2.64. The summed E-state index contributed by atoms with van der Waals surface area (Å²) < 4.78 is 5.60. The molecule has 0 spiro atoms. The van der Waals surface area contributed by atoms with Gasteiger partial charge in [-0.1, -0.05) is 13.0 Å². The third kappa shape index (κ3) is 2.87. The van der Waals surface area contributed by atoms with Crippen molar-refractivity contribution in [1.29, 1.82) is 0 Å². The van der Waals surface area contributed by atoms with Crippen molar-refractivity contribution in [1.82, 2.24) is 0 Å². The lowest BCUT2D eigenvalue weighted by molar-refractivity contribution is 0.537. The van der Waals surface area contributed by atoms with Crippen LogP contribution in [-0.2, 0) is 12.8 Å². The second-order valence-electron chi connectivity index (χ2n) is 3.80. The van der Waals surface area contributed by atoms with Gasteiger partial charge in [-0.2, -0.15) is 0 Å². The molecule has 2 aromatic rings. The summed E-state index contributed by atoms with van der Waals surface area (Å²) in [6, 6.07) is 7.27. The molecule has 0 aliphatic carbocycles. The summed E-state index contributed by atoms with van der Waals surface area (Å²) in [6.45, 7) is 2.55. The molecular weight excluding hydrogens is 238 g/mol. The van der Waals surface area contributed by atoms with Crippen LogP contribution in [0.1, 0.15) is 18.2 Å². The molecule has 0 amide bonds. The quantitative estimate of drug-likeness (QED) is 0.913. The number of hydrogen-bond donors (Lipinski definition) is 1. The number of hydrogen-bond acceptors (Lipinski definition) is 3. The highest BCUT2D eigenvalue weighted by Gasteiger charge is 2.04. The molecule has 3 nitrogen and oxygen atoms in total. The number of aryl methyl sites for hydroxylation is 1. The van der Waals surface area contributed by atoms with Gasteiger partial charge in [-0.05, 0) is 30.7 Å². The van der Waals surface area contributed by atoms with Crippen LogP contribution in [0.3, 0.4) is 0 Å². The molecule has 2 rings (SSSR count). The highest BCUT2D eigenvalue weighted by Crippen LogP contribution is 2.15. The maximum atomic E-state index is 11.8. The van der Waals surface area contributed by atoms with Crippen molar-refractivity contribution in [2.24, 2.45) is 5.73 Å². The standard InChI is InChI=1S/C13H15NO2.ClH/c1-2-9-3-4-13-11(7-9)12(15)8-10(16-13)5-6-14;/h3-4,7-8H,2,5-6,14H2,1H3;1H. The van der Waals surface area contributed by atoms with Gasteiger partial charge in [0.15, 0.2) is 5.43 Å². The van der Waals surface area contributed by atoms with Gasteiger partial charge >= 0.3 is 0 Å². The molecule has 0 atom stereocenters. The Morgan fingerprint density at radius 3 is 2.71 bits per heavy atom. The van der Waals surface area contributed by atoms with Crippen LogP contribution < -0.4 is 11.2 Å². The number of halogens is 1. The lowest BCUT2D eigenvalue weighted by Gasteiger charge is -2.03. The molecule has 0 saturated heterocycles. The molecule has 1 aromatic heterocycles. The summed E-state index contributed by atoms with van der Waals surface area (Å²) in [4.78, 5) is 11.8. The predicted octanol–water partition coefficient (Wildman–Crippen LogP) is 2.28. The van der Waals surface area contributed by atoms with Crippen LogP contribution in [0.2, 0.25) is 0 Å². The minimum Gasteiger partial charge on any atom is -0.461 e. The van der Waals surface area contributed by atoms with Gasteiger partial charge in [0.1, 0.15) is 11.3 Å². The Bertz CT molecular complexity index is 563. The molecule has 0 aliphatic heterocycles. The fourth-order valence-corrected chi connectivity index (χ4v) is 1.74. The molecule has 0 bridgehead atoms. The summed E-state index contributed by atoms with van der Waals surface area (Å²) in [5, 5.41) is 0.653. The summed E-state index contributed by atoms with van der Waals surface area (Å²) in [5.41, 5.74) is 7.24. The van der Waals surface area contributed by atoms with E-state index in [9.17, 15) is 4.79 Å². The van der Waals surface area contributed by atoms with E-state index in [1.807, 2.05) is 18.2 Å². The highest BCUT2D eigenvalue weighted by atomic mass is 35.5. The van der Waals surface area contributed by atoms with Crippen LogP contribution in [0.4, 0.5) is 0 Å². The predicted molar refractivity (Wildman–Crippen MR) is 71.9 cm³/mol. The van der Waals surface area contributed by atoms with Gasteiger partial charge in [0.2, 0.25) is 0 Å². The molecule has 0 fully saturated rings. The van der Waals surface area contributed by atoms with E-state index in [0.717, 1.165) is 12.0 Å². The zero-order valence-electron chi connectivity index (χ0n) is 9.73. The summed E-state index contributed by atoms with van der Waals surface area (Å²) >= 11 is 0. The van der Waals surface area contributed by atoms with Crippen LogP contribution in [0.5, 0.6) is 0 Å². The highest BCUT2D eigenvalue weighted by molar-refractivity contribution is 5.85. The topological polar surface area (TPSA) is 56.2 Å². The summed E-state index contributed by atoms with van der Waals surface area (Å²) in [6.07, 6.45) is 1.51. The van der Waals surface area contributed by atoms with Crippen LogP contribution in [-0.4, -0.2) is 6.54 Å². The van der Waals surface area contributed by atoms with E-state index in [0.29, 0.717) is 29.7 Å². The van der Waals surface area contributed by atoms with E-state index in [2.05, 4.69) is 6.92 Å². The molecule has 92 valence electrons. The lowest BCUT2D eigenvalue weighted by Crippen LogP contribution is -2.07. The maximum Gasteiger partial charge on any atom is 0.192 e. The van der Waals surface area contributed by atoms with E-state index in [4.69, 9.17) is 10.2 Å². The van der Waals surface area contributed by atoms with Crippen molar-refractivity contribution in [3.05, 3.63) is 45.8 Å². The van der Waals surface area contributed by atoms with E-state index < -0.39 is 0 Å². The monoisotopic (exact) mass is 253 g/mol. The van der Waals surface area contributed by atoms with Gasteiger partial charge in [-0.25, -0.2) is 0 Å². The van der Waals surface area contributed by atoms with Crippen LogP contribution >= 0.6 is 12.4 Å². The van der Waals surface area contributed by atoms with Crippen LogP contribution in [0.15, 0.2) is 33.5 Å². The Morgan fingerprint density at radius 2 is 2.06 bits per heavy atom. The molecule has 0 aliphatic rings. The fourth-order valence-electron chi connectivity index (χ4n) is 1.74. The first-order chi connectivity index (χ1) is 7.74. The van der Waals surface area contributed by atoms with Crippen molar-refractivity contribution < 1.29 is 4.42 Å². The Balaban J connectivity index is 0.00000144. The largest absolute Gasteiger partial charge is 0.461 e. The lowest BCUT2D eigenvalue weighted by atomic mass is 10.1. The molecule has 0 saturated carbocycles. The van der Waals surface area contributed by atoms with Gasteiger partial charge in [0, 0.05) is 12.5 Å². The number of benzene rings is 1. The zero-order chi connectivity index (χ0) is 11.5. The van der Waals surface area contributed by atoms with Gasteiger partial charge in [0.25, 0.3) is 0 Å². The minimum atomic E-state index is 0. The van der Waals surface area contributed by atoms with Crippen molar-refractivity contribution in [3.63, 3.8) is 0 Å². The smallest absolute Gasteiger partial charge is 0.192 e. The first-order valence-corrected chi connectivity index (χ1v) is 5.50. The second kappa shape index (κ2) is 5.84. The number of nitrogens with two attached hydrogens (primary N) is 1. The van der Waals surface area contributed by atoms with E-state index in [1.165, 1.54) is 6.07 Å². The van der Waals surface area contributed by atoms with Gasteiger partial charge in [0.05, 0.1) is 5.39 Å². The Hall–Kier alpha value is -1.32. The zero-order valence-corrected chi connectivity index (χ0v) is 10.5. The van der Waals surface area contributed by atoms with Gasteiger partial charge < -0.3 is 10.2 Å². The molecule has 1 heterocycles. The molecular formula is C13H16ClNO2. The third-order valence-electron chi connectivity index (χ3n) is 2.64. The van der Waals surface area contributed by atoms with Crippen molar-refractivity contribution in [2.45, 2.75) is 19.8 Å². The van der Waals surface area contributed by atoms with E-state index in [1.54, 1.807) is 0 Å². The van der Waals surface area contributed by atoms with Crippen LogP contribution in [0.25, 0.3) is 11.0 Å². The normalized spacial score (nSPS) is 10.2. The van der Waals surface area contributed by atoms with E-state index in [-0.39, 0.29) is 17.8 Å². The van der Waals surface area contributed by atoms with Crippen molar-refractivity contribution >= 4 is 23.4 Å². The average molecular weight is 254 g/mol. The van der Waals surface area contributed by atoms with Crippen molar-refractivity contribution in [2.75, 3.05) is 6.54 Å². The molecule has 0 radical (unpaired) electrons. The molecule has 2 N–H and O–H groups in total. The van der Waals surface area contributed by atoms with Gasteiger partial charge in [-0.15, -0.1) is 12.4 Å². The Kier molecular flexibility index (Phi) is 4.73. The summed E-state index contributed by atoms with van der Waals surface area (Å²) in [5.74, 6) is 0.657. The molecule has 0 unspecified atom stereocenters. The molecule has 17 heavy (non-hydrogen) atoms. The Morgan fingerprint density at radius 1 is 1.29 bits per heavy atom. The van der Waals surface area contributed by atoms with Crippen molar-refractivity contribution in [3.8, 4) is 0 Å². The number of rotatable bonds is 3. The fraction of sp³-hybridized carbons (Fsp3) is 0.308. The minimum absolute atomic E-state index is 0. The molecule has 1 aromatic carbocycles. The first-order valence-electron chi connectivity index (χ1n) is 5.50. The van der Waals surface area contributed by atoms with Crippen LogP contribution in [0, 0.1) is 0 Å². The average Bonchev–Trinajstić information content (AvgIpc) is 2.29. The Labute approximate surface area is 106 Å². The molecule has 4 heteroatoms. The second-order valence-corrected chi connectivity index (χ2v) is 3.80. The maximum absolute atomic E-state index is 11.8. The van der Waals surface area contributed by atoms with E-state index >= 15 is 0 Å². The first kappa shape index (κ1) is 13.7. The van der Waals surface area contributed by atoms with Gasteiger partial charge in [-0.3, -0.25) is 4.79 Å². The number of fused-ring (bicyclic) bond motifs is 1. The summed E-state index contributed by atoms with van der Waals surface area (Å²) in [7, 11) is 0.